The molecule has 0 unspecified atom stereocenters. The fourth-order valence-corrected chi connectivity index (χ4v) is 1.97. The van der Waals surface area contributed by atoms with Crippen LogP contribution in [-0.2, 0) is 19.1 Å². The van der Waals surface area contributed by atoms with Gasteiger partial charge < -0.3 is 9.47 Å². The van der Waals surface area contributed by atoms with E-state index < -0.39 is 0 Å². The van der Waals surface area contributed by atoms with Crippen molar-refractivity contribution in [1.82, 2.24) is 0 Å². The maximum atomic E-state index is 11.1. The number of ether oxygens (including phenoxy) is 2. The lowest BCUT2D eigenvalue weighted by Gasteiger charge is -2.15. The molecule has 0 aliphatic carbocycles. The molecule has 2 rings (SSSR count). The standard InChI is InChI=1S/C10H14O4/c1-5-3-7(13-9(5)11)8-4-6(2)10(12)14-8/h5-8H,3-4H2,1-2H3/t5-,6+,7-,8-/m1/s1. The summed E-state index contributed by atoms with van der Waals surface area (Å²) in [5.41, 5.74) is 0. The smallest absolute Gasteiger partial charge is 0.309 e. The number of carbonyl (C=O) groups is 2. The van der Waals surface area contributed by atoms with E-state index in [0.29, 0.717) is 12.8 Å². The van der Waals surface area contributed by atoms with E-state index in [-0.39, 0.29) is 36.0 Å². The number of esters is 2. The third-order valence-electron chi connectivity index (χ3n) is 2.93. The highest BCUT2D eigenvalue weighted by atomic mass is 16.6. The first kappa shape index (κ1) is 9.49. The molecule has 2 aliphatic heterocycles. The van der Waals surface area contributed by atoms with Crippen LogP contribution in [0.5, 0.6) is 0 Å². The van der Waals surface area contributed by atoms with E-state index in [2.05, 4.69) is 0 Å². The van der Waals surface area contributed by atoms with Crippen LogP contribution < -0.4 is 0 Å². The molecule has 4 atom stereocenters. The molecule has 2 aliphatic rings. The van der Waals surface area contributed by atoms with Crippen LogP contribution in [0.15, 0.2) is 0 Å². The van der Waals surface area contributed by atoms with Crippen molar-refractivity contribution in [1.29, 1.82) is 0 Å². The highest BCUT2D eigenvalue weighted by Gasteiger charge is 2.43. The van der Waals surface area contributed by atoms with Crippen molar-refractivity contribution in [3.05, 3.63) is 0 Å². The number of hydrogen-bond acceptors (Lipinski definition) is 4. The fraction of sp³-hybridized carbons (Fsp3) is 0.800. The van der Waals surface area contributed by atoms with Crippen LogP contribution in [0.3, 0.4) is 0 Å². The summed E-state index contributed by atoms with van der Waals surface area (Å²) in [6.45, 7) is 3.67. The zero-order chi connectivity index (χ0) is 10.3. The number of carbonyl (C=O) groups excluding carboxylic acids is 2. The molecule has 0 aromatic carbocycles. The minimum absolute atomic E-state index is 0.0605. The molecular formula is C10H14O4. The van der Waals surface area contributed by atoms with Gasteiger partial charge in [0.1, 0.15) is 12.2 Å². The Morgan fingerprint density at radius 1 is 0.929 bits per heavy atom. The second-order valence-electron chi connectivity index (χ2n) is 4.22. The highest BCUT2D eigenvalue weighted by Crippen LogP contribution is 2.31. The van der Waals surface area contributed by atoms with Gasteiger partial charge in [-0.3, -0.25) is 9.59 Å². The molecule has 2 heterocycles. The number of cyclic esters (lactones) is 2. The SMILES string of the molecule is C[C@@H]1C[C@H]([C@H]2C[C@H](C)C(=O)O2)OC1=O. The molecule has 4 heteroatoms. The van der Waals surface area contributed by atoms with E-state index in [9.17, 15) is 9.59 Å². The molecule has 14 heavy (non-hydrogen) atoms. The third-order valence-corrected chi connectivity index (χ3v) is 2.93. The van der Waals surface area contributed by atoms with E-state index in [1.807, 2.05) is 13.8 Å². The Labute approximate surface area is 82.6 Å². The maximum absolute atomic E-state index is 11.1. The first-order valence-corrected chi connectivity index (χ1v) is 4.99. The molecule has 0 bridgehead atoms. The summed E-state index contributed by atoms with van der Waals surface area (Å²) < 4.78 is 10.3. The Bertz CT molecular complexity index is 245. The predicted octanol–water partition coefficient (Wildman–Crippen LogP) is 0.890. The predicted molar refractivity (Wildman–Crippen MR) is 47.3 cm³/mol. The molecule has 2 saturated heterocycles. The van der Waals surface area contributed by atoms with Crippen LogP contribution in [0.4, 0.5) is 0 Å². The first-order valence-electron chi connectivity index (χ1n) is 4.99. The Hall–Kier alpha value is -1.06. The van der Waals surface area contributed by atoms with Crippen molar-refractivity contribution < 1.29 is 19.1 Å². The summed E-state index contributed by atoms with van der Waals surface area (Å²) in [6, 6.07) is 0. The quantitative estimate of drug-likeness (QED) is 0.587. The monoisotopic (exact) mass is 198 g/mol. The molecule has 0 aromatic rings. The molecule has 0 amide bonds. The third kappa shape index (κ3) is 1.49. The van der Waals surface area contributed by atoms with Crippen LogP contribution >= 0.6 is 0 Å². The summed E-state index contributed by atoms with van der Waals surface area (Å²) in [6.07, 6.45) is 0.908. The van der Waals surface area contributed by atoms with Crippen LogP contribution in [0.1, 0.15) is 26.7 Å². The Morgan fingerprint density at radius 2 is 1.29 bits per heavy atom. The van der Waals surface area contributed by atoms with Gasteiger partial charge in [0.05, 0.1) is 11.8 Å². The van der Waals surface area contributed by atoms with Crippen molar-refractivity contribution >= 4 is 11.9 Å². The second kappa shape index (κ2) is 3.26. The molecule has 0 saturated carbocycles. The molecule has 0 spiro atoms. The van der Waals surface area contributed by atoms with E-state index in [4.69, 9.17) is 9.47 Å². The summed E-state index contributed by atoms with van der Waals surface area (Å²) in [7, 11) is 0. The number of hydrogen-bond donors (Lipinski definition) is 0. The largest absolute Gasteiger partial charge is 0.458 e. The Balaban J connectivity index is 1.98. The van der Waals surface area contributed by atoms with Gasteiger partial charge in [0.2, 0.25) is 0 Å². The zero-order valence-corrected chi connectivity index (χ0v) is 8.36. The lowest BCUT2D eigenvalue weighted by molar-refractivity contribution is -0.155. The van der Waals surface area contributed by atoms with Crippen LogP contribution in [0, 0.1) is 11.8 Å². The van der Waals surface area contributed by atoms with Crippen molar-refractivity contribution in [2.75, 3.05) is 0 Å². The zero-order valence-electron chi connectivity index (χ0n) is 8.36. The molecule has 2 fully saturated rings. The van der Waals surface area contributed by atoms with Crippen LogP contribution in [-0.4, -0.2) is 24.1 Å². The van der Waals surface area contributed by atoms with E-state index in [1.165, 1.54) is 0 Å². The topological polar surface area (TPSA) is 52.6 Å². The minimum atomic E-state index is -0.216. The summed E-state index contributed by atoms with van der Waals surface area (Å²) in [5.74, 6) is -0.472. The van der Waals surface area contributed by atoms with Gasteiger partial charge in [-0.25, -0.2) is 0 Å². The van der Waals surface area contributed by atoms with Gasteiger partial charge in [-0.1, -0.05) is 13.8 Å². The van der Waals surface area contributed by atoms with Gasteiger partial charge in [0, 0.05) is 12.8 Å². The van der Waals surface area contributed by atoms with Crippen molar-refractivity contribution in [3.8, 4) is 0 Å². The summed E-state index contributed by atoms with van der Waals surface area (Å²) in [5, 5.41) is 0. The summed E-state index contributed by atoms with van der Waals surface area (Å²) >= 11 is 0. The molecule has 0 aromatic heterocycles. The van der Waals surface area contributed by atoms with Crippen molar-refractivity contribution in [3.63, 3.8) is 0 Å². The van der Waals surface area contributed by atoms with E-state index in [1.54, 1.807) is 0 Å². The summed E-state index contributed by atoms with van der Waals surface area (Å²) in [4.78, 5) is 22.3. The minimum Gasteiger partial charge on any atom is -0.458 e. The second-order valence-corrected chi connectivity index (χ2v) is 4.22. The lowest BCUT2D eigenvalue weighted by atomic mass is 9.99. The molecular weight excluding hydrogens is 184 g/mol. The van der Waals surface area contributed by atoms with Gasteiger partial charge in [0.25, 0.3) is 0 Å². The van der Waals surface area contributed by atoms with E-state index in [0.717, 1.165) is 0 Å². The molecule has 4 nitrogen and oxygen atoms in total. The highest BCUT2D eigenvalue weighted by molar-refractivity contribution is 5.76. The van der Waals surface area contributed by atoms with Crippen molar-refractivity contribution in [2.24, 2.45) is 11.8 Å². The van der Waals surface area contributed by atoms with E-state index >= 15 is 0 Å². The molecule has 0 radical (unpaired) electrons. The van der Waals surface area contributed by atoms with Crippen LogP contribution in [0.2, 0.25) is 0 Å². The Kier molecular flexibility index (Phi) is 2.21. The normalized spacial score (nSPS) is 42.4. The maximum Gasteiger partial charge on any atom is 0.309 e. The fourth-order valence-electron chi connectivity index (χ4n) is 1.97. The first-order chi connectivity index (χ1) is 6.58. The molecule has 78 valence electrons. The molecule has 0 N–H and O–H groups in total. The average molecular weight is 198 g/mol. The average Bonchev–Trinajstić information content (AvgIpc) is 2.60. The van der Waals surface area contributed by atoms with Gasteiger partial charge in [-0.2, -0.15) is 0 Å². The van der Waals surface area contributed by atoms with Gasteiger partial charge >= 0.3 is 11.9 Å². The lowest BCUT2D eigenvalue weighted by Crippen LogP contribution is -2.25. The number of rotatable bonds is 1. The van der Waals surface area contributed by atoms with Gasteiger partial charge in [0.15, 0.2) is 0 Å². The van der Waals surface area contributed by atoms with Gasteiger partial charge in [-0.05, 0) is 0 Å². The van der Waals surface area contributed by atoms with Gasteiger partial charge in [-0.15, -0.1) is 0 Å². The van der Waals surface area contributed by atoms with Crippen molar-refractivity contribution in [2.45, 2.75) is 38.9 Å². The Morgan fingerprint density at radius 3 is 1.50 bits per heavy atom. The van der Waals surface area contributed by atoms with Crippen LogP contribution in [0.25, 0.3) is 0 Å².